The summed E-state index contributed by atoms with van der Waals surface area (Å²) in [5.74, 6) is 0. The van der Waals surface area contributed by atoms with Gasteiger partial charge in [0.2, 0.25) is 0 Å². The lowest BCUT2D eigenvalue weighted by atomic mass is 10.2. The third-order valence-electron chi connectivity index (χ3n) is 1.66. The maximum Gasteiger partial charge on any atom is 0.139 e. The van der Waals surface area contributed by atoms with E-state index in [9.17, 15) is 0 Å². The van der Waals surface area contributed by atoms with E-state index in [0.29, 0.717) is 5.15 Å². The Kier molecular flexibility index (Phi) is 1.36. The van der Waals surface area contributed by atoms with E-state index in [2.05, 4.69) is 9.97 Å². The molecule has 0 aliphatic heterocycles. The second-order valence-electron chi connectivity index (χ2n) is 2.51. The van der Waals surface area contributed by atoms with Crippen molar-refractivity contribution in [3.63, 3.8) is 0 Å². The van der Waals surface area contributed by atoms with Crippen molar-refractivity contribution < 1.29 is 0 Å². The molecule has 0 bridgehead atoms. The normalized spacial score (nSPS) is 10.7. The number of hydrogen-bond donors (Lipinski definition) is 1. The Morgan fingerprint density at radius 1 is 1.55 bits per heavy atom. The van der Waals surface area contributed by atoms with Crippen LogP contribution in [-0.2, 0) is 0 Å². The highest BCUT2D eigenvalue weighted by atomic mass is 35.5. The minimum atomic E-state index is 0.569. The van der Waals surface area contributed by atoms with Crippen LogP contribution < -0.4 is 0 Å². The Hall–Kier alpha value is -1.02. The Labute approximate surface area is 69.2 Å². The zero-order valence-corrected chi connectivity index (χ0v) is 6.81. The van der Waals surface area contributed by atoms with E-state index >= 15 is 0 Å². The van der Waals surface area contributed by atoms with Gasteiger partial charge in [-0.3, -0.25) is 0 Å². The fourth-order valence-corrected chi connectivity index (χ4v) is 1.20. The highest BCUT2D eigenvalue weighted by Crippen LogP contribution is 2.17. The molecule has 0 aliphatic rings. The van der Waals surface area contributed by atoms with Crippen LogP contribution in [0.25, 0.3) is 11.0 Å². The molecule has 2 heterocycles. The molecular weight excluding hydrogens is 160 g/mol. The number of aromatic amines is 1. The summed E-state index contributed by atoms with van der Waals surface area (Å²) < 4.78 is 0. The Morgan fingerprint density at radius 3 is 3.18 bits per heavy atom. The largest absolute Gasteiger partial charge is 0.346 e. The molecule has 3 heteroatoms. The van der Waals surface area contributed by atoms with Gasteiger partial charge in [-0.2, -0.15) is 0 Å². The maximum atomic E-state index is 5.81. The van der Waals surface area contributed by atoms with Crippen molar-refractivity contribution in [2.45, 2.75) is 6.92 Å². The van der Waals surface area contributed by atoms with E-state index in [1.807, 2.05) is 25.3 Å². The molecule has 1 N–H and O–H groups in total. The number of pyridine rings is 1. The first-order valence-corrected chi connectivity index (χ1v) is 3.75. The third-order valence-corrected chi connectivity index (χ3v) is 2.05. The molecule has 0 aromatic carbocycles. The monoisotopic (exact) mass is 166 g/mol. The number of nitrogens with zero attached hydrogens (tertiary/aromatic N) is 1. The van der Waals surface area contributed by atoms with Crippen LogP contribution in [-0.4, -0.2) is 9.97 Å². The van der Waals surface area contributed by atoms with E-state index in [0.717, 1.165) is 16.6 Å². The van der Waals surface area contributed by atoms with Gasteiger partial charge in [0.25, 0.3) is 0 Å². The van der Waals surface area contributed by atoms with E-state index in [1.54, 1.807) is 0 Å². The van der Waals surface area contributed by atoms with Gasteiger partial charge < -0.3 is 4.98 Å². The maximum absolute atomic E-state index is 5.81. The van der Waals surface area contributed by atoms with E-state index in [1.165, 1.54) is 0 Å². The molecule has 0 aliphatic carbocycles. The highest BCUT2D eigenvalue weighted by Gasteiger charge is 1.99. The van der Waals surface area contributed by atoms with Crippen LogP contribution in [0.2, 0.25) is 5.15 Å². The van der Waals surface area contributed by atoms with Gasteiger partial charge in [-0.15, -0.1) is 0 Å². The molecule has 11 heavy (non-hydrogen) atoms. The molecule has 0 fully saturated rings. The standard InChI is InChI=1S/C8H7ClN2/c1-5-4-6-2-3-10-8(6)11-7(5)9/h2-4H,1H3,(H,10,11). The molecule has 0 spiro atoms. The molecule has 56 valence electrons. The summed E-state index contributed by atoms with van der Waals surface area (Å²) in [5, 5.41) is 1.67. The van der Waals surface area contributed by atoms with E-state index in [4.69, 9.17) is 11.6 Å². The van der Waals surface area contributed by atoms with Gasteiger partial charge in [-0.05, 0) is 24.6 Å². The number of nitrogens with one attached hydrogen (secondary N) is 1. The van der Waals surface area contributed by atoms with Crippen LogP contribution in [0.4, 0.5) is 0 Å². The first kappa shape index (κ1) is 6.68. The fourth-order valence-electron chi connectivity index (χ4n) is 1.07. The van der Waals surface area contributed by atoms with Gasteiger partial charge in [0.1, 0.15) is 10.8 Å². The second-order valence-corrected chi connectivity index (χ2v) is 2.87. The Morgan fingerprint density at radius 2 is 2.36 bits per heavy atom. The van der Waals surface area contributed by atoms with E-state index < -0.39 is 0 Å². The summed E-state index contributed by atoms with van der Waals surface area (Å²) in [4.78, 5) is 7.14. The van der Waals surface area contributed by atoms with Crippen LogP contribution in [0.15, 0.2) is 18.3 Å². The van der Waals surface area contributed by atoms with Crippen molar-refractivity contribution >= 4 is 22.6 Å². The summed E-state index contributed by atoms with van der Waals surface area (Å²) >= 11 is 5.81. The zero-order chi connectivity index (χ0) is 7.84. The quantitative estimate of drug-likeness (QED) is 0.599. The molecule has 0 saturated carbocycles. The van der Waals surface area contributed by atoms with Gasteiger partial charge >= 0.3 is 0 Å². The summed E-state index contributed by atoms with van der Waals surface area (Å²) in [6.45, 7) is 1.95. The Balaban J connectivity index is 2.86. The molecule has 2 aromatic heterocycles. The third kappa shape index (κ3) is 0.994. The summed E-state index contributed by atoms with van der Waals surface area (Å²) in [5.41, 5.74) is 1.86. The molecule has 0 radical (unpaired) electrons. The first-order valence-electron chi connectivity index (χ1n) is 3.37. The number of aryl methyl sites for hydroxylation is 1. The minimum absolute atomic E-state index is 0.569. The van der Waals surface area contributed by atoms with Gasteiger partial charge in [-0.25, -0.2) is 4.98 Å². The second kappa shape index (κ2) is 2.24. The molecule has 2 aromatic rings. The van der Waals surface area contributed by atoms with Crippen molar-refractivity contribution in [3.05, 3.63) is 29.0 Å². The van der Waals surface area contributed by atoms with Crippen LogP contribution in [0.3, 0.4) is 0 Å². The van der Waals surface area contributed by atoms with Crippen molar-refractivity contribution in [2.75, 3.05) is 0 Å². The van der Waals surface area contributed by atoms with Gasteiger partial charge in [0.15, 0.2) is 0 Å². The predicted octanol–water partition coefficient (Wildman–Crippen LogP) is 2.52. The molecule has 2 nitrogen and oxygen atoms in total. The van der Waals surface area contributed by atoms with Crippen molar-refractivity contribution in [3.8, 4) is 0 Å². The minimum Gasteiger partial charge on any atom is -0.346 e. The summed E-state index contributed by atoms with van der Waals surface area (Å²) in [6, 6.07) is 3.99. The number of H-pyrrole nitrogens is 1. The Bertz CT molecular complexity index is 356. The molecule has 2 rings (SSSR count). The van der Waals surface area contributed by atoms with Crippen molar-refractivity contribution in [1.82, 2.24) is 9.97 Å². The predicted molar refractivity (Wildman–Crippen MR) is 45.8 cm³/mol. The smallest absolute Gasteiger partial charge is 0.139 e. The lowest BCUT2D eigenvalue weighted by Gasteiger charge is -1.95. The molecule has 0 atom stereocenters. The summed E-state index contributed by atoms with van der Waals surface area (Å²) in [7, 11) is 0. The first-order chi connectivity index (χ1) is 5.27. The van der Waals surface area contributed by atoms with Crippen molar-refractivity contribution in [2.24, 2.45) is 0 Å². The topological polar surface area (TPSA) is 28.7 Å². The van der Waals surface area contributed by atoms with Crippen LogP contribution >= 0.6 is 11.6 Å². The fraction of sp³-hybridized carbons (Fsp3) is 0.125. The average molecular weight is 167 g/mol. The number of halogens is 1. The lowest BCUT2D eigenvalue weighted by Crippen LogP contribution is -1.81. The number of hydrogen-bond acceptors (Lipinski definition) is 1. The van der Waals surface area contributed by atoms with Gasteiger partial charge in [0, 0.05) is 11.6 Å². The van der Waals surface area contributed by atoms with Gasteiger partial charge in [0.05, 0.1) is 0 Å². The van der Waals surface area contributed by atoms with Crippen LogP contribution in [0, 0.1) is 6.92 Å². The number of fused-ring (bicyclic) bond motifs is 1. The molecular formula is C8H7ClN2. The van der Waals surface area contributed by atoms with Gasteiger partial charge in [-0.1, -0.05) is 11.6 Å². The number of rotatable bonds is 0. The SMILES string of the molecule is Cc1cc2cc[nH]c2nc1Cl. The molecule has 0 amide bonds. The van der Waals surface area contributed by atoms with Crippen LogP contribution in [0.5, 0.6) is 0 Å². The average Bonchev–Trinajstić information content (AvgIpc) is 2.36. The van der Waals surface area contributed by atoms with Crippen molar-refractivity contribution in [1.29, 1.82) is 0 Å². The summed E-state index contributed by atoms with van der Waals surface area (Å²) in [6.07, 6.45) is 1.85. The zero-order valence-electron chi connectivity index (χ0n) is 6.06. The van der Waals surface area contributed by atoms with Crippen LogP contribution in [0.1, 0.15) is 5.56 Å². The lowest BCUT2D eigenvalue weighted by molar-refractivity contribution is 1.29. The van der Waals surface area contributed by atoms with E-state index in [-0.39, 0.29) is 0 Å². The number of aromatic nitrogens is 2. The highest BCUT2D eigenvalue weighted by molar-refractivity contribution is 6.30. The molecule has 0 saturated heterocycles. The molecule has 0 unspecified atom stereocenters.